The van der Waals surface area contributed by atoms with Crippen LogP contribution < -0.4 is 9.62 Å². The summed E-state index contributed by atoms with van der Waals surface area (Å²) in [5.74, 6) is 0.164. The number of amides is 1. The predicted octanol–water partition coefficient (Wildman–Crippen LogP) is 3.02. The third kappa shape index (κ3) is 4.93. The molecule has 0 saturated heterocycles. The Kier molecular flexibility index (Phi) is 5.90. The van der Waals surface area contributed by atoms with Gasteiger partial charge in [-0.2, -0.15) is 4.98 Å². The highest BCUT2D eigenvalue weighted by Crippen LogP contribution is 2.24. The molecule has 152 valence electrons. The first-order valence-electron chi connectivity index (χ1n) is 8.56. The normalized spacial score (nSPS) is 11.3. The van der Waals surface area contributed by atoms with Crippen LogP contribution in [-0.4, -0.2) is 37.8 Å². The first kappa shape index (κ1) is 20.8. The molecule has 3 aromatic rings. The lowest BCUT2D eigenvalue weighted by Gasteiger charge is -2.17. The molecule has 29 heavy (non-hydrogen) atoms. The van der Waals surface area contributed by atoms with E-state index in [1.807, 2.05) is 31.2 Å². The summed E-state index contributed by atoms with van der Waals surface area (Å²) in [6, 6.07) is 12.0. The molecule has 0 spiro atoms. The number of hydrogen-bond acceptors (Lipinski definition) is 6. The van der Waals surface area contributed by atoms with Gasteiger partial charge in [0.25, 0.3) is 5.91 Å². The van der Waals surface area contributed by atoms with Gasteiger partial charge >= 0.3 is 0 Å². The van der Waals surface area contributed by atoms with Crippen LogP contribution in [0.5, 0.6) is 0 Å². The van der Waals surface area contributed by atoms with E-state index in [4.69, 9.17) is 16.1 Å². The average molecular weight is 435 g/mol. The summed E-state index contributed by atoms with van der Waals surface area (Å²) in [6.45, 7) is 1.96. The van der Waals surface area contributed by atoms with Gasteiger partial charge in [-0.1, -0.05) is 40.5 Å². The number of anilines is 1. The van der Waals surface area contributed by atoms with Crippen LogP contribution in [-0.2, 0) is 16.6 Å². The van der Waals surface area contributed by atoms with Gasteiger partial charge in [0.1, 0.15) is 0 Å². The van der Waals surface area contributed by atoms with Gasteiger partial charge in [-0.05, 0) is 31.2 Å². The molecule has 0 radical (unpaired) electrons. The van der Waals surface area contributed by atoms with Gasteiger partial charge in [0.2, 0.25) is 21.7 Å². The van der Waals surface area contributed by atoms with Gasteiger partial charge in [0.15, 0.2) is 0 Å². The zero-order chi connectivity index (χ0) is 21.2. The largest absolute Gasteiger partial charge is 0.343 e. The fourth-order valence-corrected chi connectivity index (χ4v) is 3.25. The Labute approximate surface area is 173 Å². The Bertz CT molecular complexity index is 1160. The summed E-state index contributed by atoms with van der Waals surface area (Å²) in [6.07, 6.45) is 1.07. The van der Waals surface area contributed by atoms with E-state index in [1.54, 1.807) is 0 Å². The average Bonchev–Trinajstić information content (AvgIpc) is 3.14. The van der Waals surface area contributed by atoms with Gasteiger partial charge in [-0.3, -0.25) is 9.10 Å². The monoisotopic (exact) mass is 434 g/mol. The second-order valence-electron chi connectivity index (χ2n) is 6.46. The number of nitrogens with zero attached hydrogens (tertiary/aromatic N) is 3. The molecule has 10 heteroatoms. The van der Waals surface area contributed by atoms with E-state index in [0.29, 0.717) is 11.5 Å². The molecule has 2 aromatic carbocycles. The van der Waals surface area contributed by atoms with E-state index < -0.39 is 15.9 Å². The molecule has 0 fully saturated rings. The molecule has 0 saturated carbocycles. The predicted molar refractivity (Wildman–Crippen MR) is 110 cm³/mol. The van der Waals surface area contributed by atoms with Crippen LogP contribution >= 0.6 is 11.6 Å². The lowest BCUT2D eigenvalue weighted by molar-refractivity contribution is 0.0946. The Morgan fingerprint density at radius 2 is 2.00 bits per heavy atom. The summed E-state index contributed by atoms with van der Waals surface area (Å²) < 4.78 is 29.7. The van der Waals surface area contributed by atoms with Crippen molar-refractivity contribution in [2.24, 2.45) is 0 Å². The van der Waals surface area contributed by atoms with Crippen molar-refractivity contribution in [3.63, 3.8) is 0 Å². The van der Waals surface area contributed by atoms with Gasteiger partial charge in [0, 0.05) is 12.6 Å². The van der Waals surface area contributed by atoms with Crippen LogP contribution in [0.4, 0.5) is 5.69 Å². The van der Waals surface area contributed by atoms with Gasteiger partial charge in [-0.15, -0.1) is 0 Å². The lowest BCUT2D eigenvalue weighted by atomic mass is 10.1. The first-order chi connectivity index (χ1) is 13.6. The molecule has 0 bridgehead atoms. The number of carbonyl (C=O) groups excluding carboxylic acids is 1. The molecule has 0 aliphatic rings. The van der Waals surface area contributed by atoms with Crippen LogP contribution in [0.3, 0.4) is 0 Å². The third-order valence-corrected chi connectivity index (χ3v) is 5.74. The number of aryl methyl sites for hydroxylation is 1. The van der Waals surface area contributed by atoms with Crippen LogP contribution in [0, 0.1) is 6.92 Å². The van der Waals surface area contributed by atoms with Crippen molar-refractivity contribution in [1.82, 2.24) is 15.5 Å². The van der Waals surface area contributed by atoms with Gasteiger partial charge < -0.3 is 9.84 Å². The summed E-state index contributed by atoms with van der Waals surface area (Å²) >= 11 is 6.11. The van der Waals surface area contributed by atoms with E-state index in [2.05, 4.69) is 15.5 Å². The Balaban J connectivity index is 1.73. The molecule has 0 aliphatic heterocycles. The van der Waals surface area contributed by atoms with Crippen LogP contribution in [0.1, 0.15) is 21.8 Å². The molecule has 1 aromatic heterocycles. The number of sulfonamides is 1. The number of aromatic nitrogens is 2. The van der Waals surface area contributed by atoms with E-state index in [-0.39, 0.29) is 23.0 Å². The van der Waals surface area contributed by atoms with Crippen molar-refractivity contribution in [3.8, 4) is 11.4 Å². The van der Waals surface area contributed by atoms with E-state index in [9.17, 15) is 13.2 Å². The Morgan fingerprint density at radius 3 is 2.69 bits per heavy atom. The minimum Gasteiger partial charge on any atom is -0.343 e. The zero-order valence-electron chi connectivity index (χ0n) is 16.0. The SMILES string of the molecule is Cc1cccc(-c2noc(CNC(=O)c3cc(N(C)S(C)(=O)=O)ccc3Cl)n2)c1. The van der Waals surface area contributed by atoms with Crippen molar-refractivity contribution in [2.75, 3.05) is 17.6 Å². The van der Waals surface area contributed by atoms with E-state index in [1.165, 1.54) is 25.2 Å². The molecule has 0 aliphatic carbocycles. The summed E-state index contributed by atoms with van der Waals surface area (Å²) in [5.41, 5.74) is 2.33. The highest BCUT2D eigenvalue weighted by atomic mass is 35.5. The molecule has 0 atom stereocenters. The van der Waals surface area contributed by atoms with Crippen molar-refractivity contribution in [1.29, 1.82) is 0 Å². The summed E-state index contributed by atoms with van der Waals surface area (Å²) in [4.78, 5) is 16.8. The minimum atomic E-state index is -3.47. The van der Waals surface area contributed by atoms with Gasteiger partial charge in [0.05, 0.1) is 29.1 Å². The number of hydrogen-bond donors (Lipinski definition) is 1. The fraction of sp³-hybridized carbons (Fsp3) is 0.211. The molecular weight excluding hydrogens is 416 g/mol. The molecule has 1 amide bonds. The molecular formula is C19H19ClN4O4S. The number of halogens is 1. The van der Waals surface area contributed by atoms with Crippen molar-refractivity contribution >= 4 is 33.2 Å². The second-order valence-corrected chi connectivity index (χ2v) is 8.88. The smallest absolute Gasteiger partial charge is 0.253 e. The quantitative estimate of drug-likeness (QED) is 0.639. The number of benzene rings is 2. The molecule has 0 unspecified atom stereocenters. The van der Waals surface area contributed by atoms with Gasteiger partial charge in [-0.25, -0.2) is 8.42 Å². The Morgan fingerprint density at radius 1 is 1.24 bits per heavy atom. The van der Waals surface area contributed by atoms with E-state index >= 15 is 0 Å². The number of nitrogens with one attached hydrogen (secondary N) is 1. The molecule has 3 rings (SSSR count). The highest BCUT2D eigenvalue weighted by molar-refractivity contribution is 7.92. The first-order valence-corrected chi connectivity index (χ1v) is 10.8. The van der Waals surface area contributed by atoms with Crippen LogP contribution in [0.25, 0.3) is 11.4 Å². The number of carbonyl (C=O) groups is 1. The zero-order valence-corrected chi connectivity index (χ0v) is 17.6. The number of rotatable bonds is 6. The van der Waals surface area contributed by atoms with Crippen LogP contribution in [0.15, 0.2) is 47.0 Å². The lowest BCUT2D eigenvalue weighted by Crippen LogP contribution is -2.26. The Hall–Kier alpha value is -2.91. The summed E-state index contributed by atoms with van der Waals surface area (Å²) in [5, 5.41) is 6.77. The maximum absolute atomic E-state index is 12.5. The van der Waals surface area contributed by atoms with Crippen molar-refractivity contribution < 1.29 is 17.7 Å². The molecule has 1 heterocycles. The highest BCUT2D eigenvalue weighted by Gasteiger charge is 2.18. The maximum Gasteiger partial charge on any atom is 0.253 e. The maximum atomic E-state index is 12.5. The van der Waals surface area contributed by atoms with Crippen molar-refractivity contribution in [3.05, 3.63) is 64.5 Å². The minimum absolute atomic E-state index is 0.000120. The third-order valence-electron chi connectivity index (χ3n) is 4.20. The fourth-order valence-electron chi connectivity index (χ4n) is 2.55. The molecule has 1 N–H and O–H groups in total. The summed E-state index contributed by atoms with van der Waals surface area (Å²) in [7, 11) is -2.07. The van der Waals surface area contributed by atoms with Crippen LogP contribution in [0.2, 0.25) is 5.02 Å². The standard InChI is InChI=1S/C19H19ClN4O4S/c1-12-5-4-6-13(9-12)18-22-17(28-23-18)11-21-19(25)15-10-14(7-8-16(15)20)24(2)29(3,26)27/h4-10H,11H2,1-3H3,(H,21,25). The van der Waals surface area contributed by atoms with Crippen molar-refractivity contribution in [2.45, 2.75) is 13.5 Å². The topological polar surface area (TPSA) is 105 Å². The van der Waals surface area contributed by atoms with E-state index in [0.717, 1.165) is 21.7 Å². The molecule has 8 nitrogen and oxygen atoms in total. The second kappa shape index (κ2) is 8.22.